The molecule has 1 aliphatic heterocycles. The number of carbonyl (C=O) groups is 2. The minimum absolute atomic E-state index is 0.209. The van der Waals surface area contributed by atoms with Gasteiger partial charge in [0.15, 0.2) is 0 Å². The summed E-state index contributed by atoms with van der Waals surface area (Å²) in [6.07, 6.45) is 1.93. The molecule has 1 aliphatic rings. The zero-order valence-electron chi connectivity index (χ0n) is 11.9. The first kappa shape index (κ1) is 16.1. The summed E-state index contributed by atoms with van der Waals surface area (Å²) in [4.78, 5) is 26.2. The van der Waals surface area contributed by atoms with E-state index in [4.69, 9.17) is 11.6 Å². The van der Waals surface area contributed by atoms with Gasteiger partial charge in [-0.05, 0) is 25.0 Å². The van der Waals surface area contributed by atoms with Crippen LogP contribution in [0.25, 0.3) is 0 Å². The predicted molar refractivity (Wildman–Crippen MR) is 82.7 cm³/mol. The molecule has 1 aromatic heterocycles. The Bertz CT molecular complexity index is 534. The average molecular weight is 331 g/mol. The Balaban J connectivity index is 1.91. The van der Waals surface area contributed by atoms with Gasteiger partial charge < -0.3 is 15.3 Å². The number of nitrogens with zero attached hydrogens (tertiary/aromatic N) is 1. The number of hydrogen-bond donors (Lipinski definition) is 2. The van der Waals surface area contributed by atoms with E-state index in [1.165, 1.54) is 11.3 Å². The summed E-state index contributed by atoms with van der Waals surface area (Å²) in [5.41, 5.74) is -0.779. The lowest BCUT2D eigenvalue weighted by molar-refractivity contribution is -0.148. The summed E-state index contributed by atoms with van der Waals surface area (Å²) in [7, 11) is 0. The van der Waals surface area contributed by atoms with Crippen LogP contribution < -0.4 is 5.32 Å². The minimum Gasteiger partial charge on any atom is -0.481 e. The van der Waals surface area contributed by atoms with Crippen molar-refractivity contribution in [1.29, 1.82) is 0 Å². The fourth-order valence-electron chi connectivity index (χ4n) is 2.73. The maximum Gasteiger partial charge on any atom is 0.317 e. The highest BCUT2D eigenvalue weighted by Gasteiger charge is 2.45. The van der Waals surface area contributed by atoms with E-state index in [1.807, 2.05) is 13.0 Å². The maximum absolute atomic E-state index is 12.1. The zero-order chi connectivity index (χ0) is 15.5. The van der Waals surface area contributed by atoms with Crippen LogP contribution in [0.4, 0.5) is 4.79 Å². The molecule has 0 radical (unpaired) electrons. The van der Waals surface area contributed by atoms with Gasteiger partial charge in [0.05, 0.1) is 16.3 Å². The Morgan fingerprint density at radius 2 is 2.29 bits per heavy atom. The Labute approximate surface area is 132 Å². The molecule has 116 valence electrons. The normalized spacial score (nSPS) is 21.5. The molecule has 1 saturated heterocycles. The number of carboxylic acid groups (broad SMARTS) is 1. The number of carboxylic acids is 1. The van der Waals surface area contributed by atoms with Crippen LogP contribution in [0.15, 0.2) is 12.1 Å². The summed E-state index contributed by atoms with van der Waals surface area (Å²) < 4.78 is 0.688. The van der Waals surface area contributed by atoms with Crippen LogP contribution in [0.1, 0.15) is 31.1 Å². The monoisotopic (exact) mass is 330 g/mol. The van der Waals surface area contributed by atoms with Crippen molar-refractivity contribution >= 4 is 34.9 Å². The van der Waals surface area contributed by atoms with Crippen molar-refractivity contribution in [3.05, 3.63) is 21.3 Å². The molecule has 0 spiro atoms. The fraction of sp³-hybridized carbons (Fsp3) is 0.571. The smallest absolute Gasteiger partial charge is 0.317 e. The van der Waals surface area contributed by atoms with Gasteiger partial charge in [0, 0.05) is 18.0 Å². The first-order valence-electron chi connectivity index (χ1n) is 6.97. The molecule has 2 amide bonds. The van der Waals surface area contributed by atoms with Gasteiger partial charge in [-0.15, -0.1) is 11.3 Å². The molecular weight excluding hydrogens is 312 g/mol. The SMILES string of the molecule is CCCC1(C(=O)O)CCN(C(=O)NCc2ccc(Cl)s2)C1. The van der Waals surface area contributed by atoms with E-state index in [0.29, 0.717) is 30.3 Å². The quantitative estimate of drug-likeness (QED) is 0.871. The lowest BCUT2D eigenvalue weighted by Crippen LogP contribution is -2.41. The number of amides is 2. The van der Waals surface area contributed by atoms with Crippen molar-refractivity contribution in [1.82, 2.24) is 10.2 Å². The standard InChI is InChI=1S/C14H19ClN2O3S/c1-2-5-14(12(18)19)6-7-17(9-14)13(20)16-8-10-3-4-11(15)21-10/h3-4H,2,5-9H2,1H3,(H,16,20)(H,18,19). The van der Waals surface area contributed by atoms with Gasteiger partial charge in [0.25, 0.3) is 0 Å². The minimum atomic E-state index is -0.801. The fourth-order valence-corrected chi connectivity index (χ4v) is 3.76. The van der Waals surface area contributed by atoms with Gasteiger partial charge in [0.1, 0.15) is 0 Å². The highest BCUT2D eigenvalue weighted by molar-refractivity contribution is 7.16. The third-order valence-electron chi connectivity index (χ3n) is 3.87. The Morgan fingerprint density at radius 1 is 1.52 bits per heavy atom. The molecule has 21 heavy (non-hydrogen) atoms. The Kier molecular flexibility index (Phi) is 5.11. The summed E-state index contributed by atoms with van der Waals surface area (Å²) in [6, 6.07) is 3.45. The second-order valence-corrected chi connectivity index (χ2v) is 7.17. The van der Waals surface area contributed by atoms with Gasteiger partial charge in [-0.3, -0.25) is 4.79 Å². The third kappa shape index (κ3) is 3.68. The summed E-state index contributed by atoms with van der Waals surface area (Å²) in [5.74, 6) is -0.801. The number of urea groups is 1. The Morgan fingerprint density at radius 3 is 2.86 bits per heavy atom. The van der Waals surface area contributed by atoms with Crippen molar-refractivity contribution in [2.24, 2.45) is 5.41 Å². The van der Waals surface area contributed by atoms with Gasteiger partial charge >= 0.3 is 12.0 Å². The van der Waals surface area contributed by atoms with Crippen molar-refractivity contribution in [3.63, 3.8) is 0 Å². The topological polar surface area (TPSA) is 69.6 Å². The zero-order valence-corrected chi connectivity index (χ0v) is 13.5. The van der Waals surface area contributed by atoms with E-state index in [2.05, 4.69) is 5.32 Å². The largest absolute Gasteiger partial charge is 0.481 e. The number of hydrogen-bond acceptors (Lipinski definition) is 3. The van der Waals surface area contributed by atoms with Gasteiger partial charge in [-0.2, -0.15) is 0 Å². The van der Waals surface area contributed by atoms with Crippen LogP contribution in [0.2, 0.25) is 4.34 Å². The number of rotatable bonds is 5. The second kappa shape index (κ2) is 6.66. The molecule has 5 nitrogen and oxygen atoms in total. The number of halogens is 1. The van der Waals surface area contributed by atoms with Crippen molar-refractivity contribution < 1.29 is 14.7 Å². The molecule has 2 N–H and O–H groups in total. The van der Waals surface area contributed by atoms with Gasteiger partial charge in [-0.25, -0.2) is 4.79 Å². The summed E-state index contributed by atoms with van der Waals surface area (Å²) >= 11 is 7.26. The van der Waals surface area contributed by atoms with Crippen molar-refractivity contribution in [2.45, 2.75) is 32.7 Å². The number of nitrogens with one attached hydrogen (secondary N) is 1. The summed E-state index contributed by atoms with van der Waals surface area (Å²) in [5, 5.41) is 12.3. The van der Waals surface area contributed by atoms with E-state index in [9.17, 15) is 14.7 Å². The van der Waals surface area contributed by atoms with Gasteiger partial charge in [-0.1, -0.05) is 24.9 Å². The van der Waals surface area contributed by atoms with Crippen LogP contribution in [0.3, 0.4) is 0 Å². The van der Waals surface area contributed by atoms with Crippen LogP contribution in [-0.2, 0) is 11.3 Å². The predicted octanol–water partition coefficient (Wildman–Crippen LogP) is 3.19. The number of aliphatic carboxylic acids is 1. The van der Waals surface area contributed by atoms with Crippen molar-refractivity contribution in [3.8, 4) is 0 Å². The molecule has 2 rings (SSSR count). The number of likely N-dealkylation sites (tertiary alicyclic amines) is 1. The Hall–Kier alpha value is -1.27. The molecule has 2 heterocycles. The molecular formula is C14H19ClN2O3S. The highest BCUT2D eigenvalue weighted by atomic mass is 35.5. The van der Waals surface area contributed by atoms with Gasteiger partial charge in [0.2, 0.25) is 0 Å². The molecule has 0 aromatic carbocycles. The van der Waals surface area contributed by atoms with E-state index >= 15 is 0 Å². The molecule has 1 aromatic rings. The summed E-state index contributed by atoms with van der Waals surface area (Å²) in [6.45, 7) is 3.16. The maximum atomic E-state index is 12.1. The molecule has 0 saturated carbocycles. The van der Waals surface area contributed by atoms with E-state index in [1.54, 1.807) is 11.0 Å². The first-order valence-corrected chi connectivity index (χ1v) is 8.17. The third-order valence-corrected chi connectivity index (χ3v) is 5.10. The van der Waals surface area contributed by atoms with Crippen LogP contribution in [-0.4, -0.2) is 35.1 Å². The van der Waals surface area contributed by atoms with Crippen LogP contribution in [0.5, 0.6) is 0 Å². The highest BCUT2D eigenvalue weighted by Crippen LogP contribution is 2.35. The molecule has 0 aliphatic carbocycles. The van der Waals surface area contributed by atoms with E-state index in [-0.39, 0.29) is 12.6 Å². The molecule has 1 fully saturated rings. The second-order valence-electron chi connectivity index (χ2n) is 5.37. The van der Waals surface area contributed by atoms with Crippen molar-refractivity contribution in [2.75, 3.05) is 13.1 Å². The average Bonchev–Trinajstić information content (AvgIpc) is 3.04. The molecule has 0 bridgehead atoms. The molecule has 7 heteroatoms. The number of thiophene rings is 1. The first-order chi connectivity index (χ1) is 9.97. The molecule has 1 unspecified atom stereocenters. The van der Waals surface area contributed by atoms with E-state index < -0.39 is 11.4 Å². The van der Waals surface area contributed by atoms with E-state index in [0.717, 1.165) is 11.3 Å². The van der Waals surface area contributed by atoms with Crippen LogP contribution >= 0.6 is 22.9 Å². The van der Waals surface area contributed by atoms with Crippen LogP contribution in [0, 0.1) is 5.41 Å². The lowest BCUT2D eigenvalue weighted by Gasteiger charge is -2.24. The molecule has 1 atom stereocenters. The number of carbonyl (C=O) groups excluding carboxylic acids is 1. The lowest BCUT2D eigenvalue weighted by atomic mass is 9.83.